The lowest BCUT2D eigenvalue weighted by atomic mass is 10.2. The Labute approximate surface area is 120 Å². The average Bonchev–Trinajstić information content (AvgIpc) is 2.37. The molecule has 0 atom stereocenters. The van der Waals surface area contributed by atoms with Gasteiger partial charge in [-0.3, -0.25) is 0 Å². The molecule has 5 heteroatoms. The van der Waals surface area contributed by atoms with Gasteiger partial charge in [-0.1, -0.05) is 35.3 Å². The zero-order valence-corrected chi connectivity index (χ0v) is 11.4. The number of aromatic carboxylic acids is 1. The van der Waals surface area contributed by atoms with Gasteiger partial charge < -0.3 is 10.4 Å². The Hall–Kier alpha value is -1.71. The maximum absolute atomic E-state index is 11.0. The summed E-state index contributed by atoms with van der Waals surface area (Å²) in [6.45, 7) is 0.557. The Morgan fingerprint density at radius 3 is 2.63 bits per heavy atom. The monoisotopic (exact) mass is 295 g/mol. The van der Waals surface area contributed by atoms with Crippen LogP contribution in [0, 0.1) is 0 Å². The maximum atomic E-state index is 11.0. The lowest BCUT2D eigenvalue weighted by molar-refractivity contribution is 0.0697. The van der Waals surface area contributed by atoms with E-state index < -0.39 is 5.97 Å². The van der Waals surface area contributed by atoms with E-state index in [0.29, 0.717) is 17.3 Å². The number of rotatable bonds is 4. The van der Waals surface area contributed by atoms with Crippen LogP contribution in [0.4, 0.5) is 5.69 Å². The lowest BCUT2D eigenvalue weighted by Crippen LogP contribution is -2.02. The first-order valence-electron chi connectivity index (χ1n) is 5.57. The van der Waals surface area contributed by atoms with E-state index in [2.05, 4.69) is 5.32 Å². The van der Waals surface area contributed by atoms with Gasteiger partial charge in [0, 0.05) is 17.3 Å². The van der Waals surface area contributed by atoms with Crippen molar-refractivity contribution in [1.82, 2.24) is 0 Å². The van der Waals surface area contributed by atoms with Gasteiger partial charge in [0.1, 0.15) is 0 Å². The topological polar surface area (TPSA) is 49.3 Å². The van der Waals surface area contributed by atoms with Crippen LogP contribution < -0.4 is 5.32 Å². The number of carboxylic acids is 1. The largest absolute Gasteiger partial charge is 0.478 e. The third-order valence-electron chi connectivity index (χ3n) is 2.58. The summed E-state index contributed by atoms with van der Waals surface area (Å²) in [5, 5.41) is 13.0. The van der Waals surface area contributed by atoms with E-state index >= 15 is 0 Å². The van der Waals surface area contributed by atoms with Crippen molar-refractivity contribution in [3.05, 3.63) is 63.6 Å². The minimum absolute atomic E-state index is 0.0813. The molecule has 0 spiro atoms. The van der Waals surface area contributed by atoms with Gasteiger partial charge >= 0.3 is 5.97 Å². The number of hydrogen-bond acceptors (Lipinski definition) is 2. The molecule has 98 valence electrons. The first-order valence-corrected chi connectivity index (χ1v) is 6.33. The van der Waals surface area contributed by atoms with Gasteiger partial charge in [-0.05, 0) is 35.9 Å². The minimum Gasteiger partial charge on any atom is -0.478 e. The molecular formula is C14H11Cl2NO2. The first kappa shape index (κ1) is 13.7. The van der Waals surface area contributed by atoms with E-state index in [4.69, 9.17) is 28.3 Å². The quantitative estimate of drug-likeness (QED) is 0.884. The van der Waals surface area contributed by atoms with Gasteiger partial charge in [0.2, 0.25) is 0 Å². The highest BCUT2D eigenvalue weighted by Crippen LogP contribution is 2.21. The van der Waals surface area contributed by atoms with E-state index in [-0.39, 0.29) is 10.6 Å². The van der Waals surface area contributed by atoms with Crippen molar-refractivity contribution in [1.29, 1.82) is 0 Å². The molecule has 0 radical (unpaired) electrons. The fourth-order valence-corrected chi connectivity index (χ4v) is 2.06. The molecule has 3 nitrogen and oxygen atoms in total. The second-order valence-electron chi connectivity index (χ2n) is 3.98. The smallest absolute Gasteiger partial charge is 0.337 e. The number of carbonyl (C=O) groups is 1. The average molecular weight is 296 g/mol. The van der Waals surface area contributed by atoms with Gasteiger partial charge in [-0.25, -0.2) is 4.79 Å². The van der Waals surface area contributed by atoms with Crippen LogP contribution in [0.25, 0.3) is 0 Å². The van der Waals surface area contributed by atoms with Crippen molar-refractivity contribution in [3.8, 4) is 0 Å². The predicted octanol–water partition coefficient (Wildman–Crippen LogP) is 4.30. The molecule has 0 unspecified atom stereocenters. The zero-order valence-electron chi connectivity index (χ0n) is 9.86. The second-order valence-corrected chi connectivity index (χ2v) is 4.83. The highest BCUT2D eigenvalue weighted by molar-refractivity contribution is 6.33. The number of anilines is 1. The Bertz CT molecular complexity index is 614. The van der Waals surface area contributed by atoms with Crippen LogP contribution in [-0.4, -0.2) is 11.1 Å². The van der Waals surface area contributed by atoms with Crippen molar-refractivity contribution in [2.75, 3.05) is 5.32 Å². The number of hydrogen-bond donors (Lipinski definition) is 2. The maximum Gasteiger partial charge on any atom is 0.337 e. The Morgan fingerprint density at radius 2 is 1.95 bits per heavy atom. The third-order valence-corrected chi connectivity index (χ3v) is 3.15. The van der Waals surface area contributed by atoms with Crippen LogP contribution in [-0.2, 0) is 6.54 Å². The van der Waals surface area contributed by atoms with Gasteiger partial charge in [-0.15, -0.1) is 0 Å². The Balaban J connectivity index is 2.12. The fraction of sp³-hybridized carbons (Fsp3) is 0.0714. The third kappa shape index (κ3) is 3.63. The van der Waals surface area contributed by atoms with E-state index in [1.165, 1.54) is 6.07 Å². The normalized spacial score (nSPS) is 10.2. The summed E-state index contributed by atoms with van der Waals surface area (Å²) in [5.41, 5.74) is 1.79. The zero-order chi connectivity index (χ0) is 13.8. The molecular weight excluding hydrogens is 285 g/mol. The van der Waals surface area contributed by atoms with Crippen LogP contribution >= 0.6 is 23.2 Å². The van der Waals surface area contributed by atoms with Crippen molar-refractivity contribution in [2.24, 2.45) is 0 Å². The molecule has 2 aromatic carbocycles. The number of benzene rings is 2. The SMILES string of the molecule is O=C(O)c1cc(NCc2cccc(Cl)c2)ccc1Cl. The summed E-state index contributed by atoms with van der Waals surface area (Å²) < 4.78 is 0. The molecule has 19 heavy (non-hydrogen) atoms. The summed E-state index contributed by atoms with van der Waals surface area (Å²) in [6.07, 6.45) is 0. The molecule has 0 saturated carbocycles. The lowest BCUT2D eigenvalue weighted by Gasteiger charge is -2.08. The van der Waals surface area contributed by atoms with Gasteiger partial charge in [0.05, 0.1) is 10.6 Å². The van der Waals surface area contributed by atoms with Crippen LogP contribution in [0.1, 0.15) is 15.9 Å². The fourth-order valence-electron chi connectivity index (χ4n) is 1.65. The molecule has 0 aliphatic heterocycles. The van der Waals surface area contributed by atoms with E-state index in [1.54, 1.807) is 18.2 Å². The molecule has 0 bridgehead atoms. The number of carboxylic acid groups (broad SMARTS) is 1. The van der Waals surface area contributed by atoms with Crippen molar-refractivity contribution in [3.63, 3.8) is 0 Å². The number of halogens is 2. The van der Waals surface area contributed by atoms with E-state index in [0.717, 1.165) is 5.56 Å². The van der Waals surface area contributed by atoms with E-state index in [1.807, 2.05) is 18.2 Å². The molecule has 0 fully saturated rings. The summed E-state index contributed by atoms with van der Waals surface area (Å²) in [6, 6.07) is 12.3. The Kier molecular flexibility index (Phi) is 4.30. The van der Waals surface area contributed by atoms with Gasteiger partial charge in [0.15, 0.2) is 0 Å². The van der Waals surface area contributed by atoms with Crippen LogP contribution in [0.5, 0.6) is 0 Å². The van der Waals surface area contributed by atoms with Crippen LogP contribution in [0.3, 0.4) is 0 Å². The van der Waals surface area contributed by atoms with Crippen LogP contribution in [0.15, 0.2) is 42.5 Å². The molecule has 0 aromatic heterocycles. The highest BCUT2D eigenvalue weighted by atomic mass is 35.5. The molecule has 0 amide bonds. The summed E-state index contributed by atoms with van der Waals surface area (Å²) in [5.74, 6) is -1.04. The molecule has 2 N–H and O–H groups in total. The van der Waals surface area contributed by atoms with Gasteiger partial charge in [0.25, 0.3) is 0 Å². The first-order chi connectivity index (χ1) is 9.06. The predicted molar refractivity (Wildman–Crippen MR) is 77.2 cm³/mol. The molecule has 2 aromatic rings. The van der Waals surface area contributed by atoms with Crippen LogP contribution in [0.2, 0.25) is 10.0 Å². The van der Waals surface area contributed by atoms with Crippen molar-refractivity contribution >= 4 is 34.9 Å². The van der Waals surface area contributed by atoms with Crippen molar-refractivity contribution < 1.29 is 9.90 Å². The molecule has 0 saturated heterocycles. The summed E-state index contributed by atoms with van der Waals surface area (Å²) in [7, 11) is 0. The van der Waals surface area contributed by atoms with E-state index in [9.17, 15) is 4.79 Å². The van der Waals surface area contributed by atoms with Crippen molar-refractivity contribution in [2.45, 2.75) is 6.54 Å². The Morgan fingerprint density at radius 1 is 1.16 bits per heavy atom. The standard InChI is InChI=1S/C14H11Cl2NO2/c15-10-3-1-2-9(6-10)8-17-11-4-5-13(16)12(7-11)14(18)19/h1-7,17H,8H2,(H,18,19). The number of nitrogens with one attached hydrogen (secondary N) is 1. The molecule has 0 aliphatic rings. The summed E-state index contributed by atoms with van der Waals surface area (Å²) in [4.78, 5) is 11.0. The summed E-state index contributed by atoms with van der Waals surface area (Å²) >= 11 is 11.7. The highest BCUT2D eigenvalue weighted by Gasteiger charge is 2.09. The molecule has 2 rings (SSSR count). The molecule has 0 heterocycles. The minimum atomic E-state index is -1.04. The molecule has 0 aliphatic carbocycles. The second kappa shape index (κ2) is 5.95. The van der Waals surface area contributed by atoms with Gasteiger partial charge in [-0.2, -0.15) is 0 Å².